The van der Waals surface area contributed by atoms with Gasteiger partial charge in [-0.3, -0.25) is 0 Å². The van der Waals surface area contributed by atoms with Crippen LogP contribution in [0.15, 0.2) is 41.0 Å². The molecular weight excluding hydrogens is 351 g/mol. The highest BCUT2D eigenvalue weighted by Gasteiger charge is 2.37. The first-order valence-electron chi connectivity index (χ1n) is 7.32. The summed E-state index contributed by atoms with van der Waals surface area (Å²) in [6, 6.07) is 6.99. The number of nitrogens with zero attached hydrogens (tertiary/aromatic N) is 2. The van der Waals surface area contributed by atoms with Crippen molar-refractivity contribution in [3.63, 3.8) is 0 Å². The molecular formula is C17H10ClFN2O4. The van der Waals surface area contributed by atoms with Gasteiger partial charge < -0.3 is 14.3 Å². The normalized spacial score (nSPS) is 15.9. The Balaban J connectivity index is 1.76. The van der Waals surface area contributed by atoms with Crippen LogP contribution in [-0.2, 0) is 11.2 Å². The van der Waals surface area contributed by atoms with Crippen molar-refractivity contribution in [3.05, 3.63) is 64.3 Å². The first kappa shape index (κ1) is 15.6. The molecule has 0 saturated heterocycles. The van der Waals surface area contributed by atoms with Gasteiger partial charge in [0.15, 0.2) is 5.76 Å². The van der Waals surface area contributed by atoms with Crippen LogP contribution in [0.5, 0.6) is 6.01 Å². The van der Waals surface area contributed by atoms with Crippen LogP contribution in [0.4, 0.5) is 4.39 Å². The average molecular weight is 361 g/mol. The number of rotatable bonds is 3. The number of fused-ring (bicyclic) bond motifs is 1. The molecule has 126 valence electrons. The van der Waals surface area contributed by atoms with Gasteiger partial charge in [0.2, 0.25) is 0 Å². The van der Waals surface area contributed by atoms with Gasteiger partial charge in [-0.2, -0.15) is 9.97 Å². The zero-order valence-electron chi connectivity index (χ0n) is 12.6. The summed E-state index contributed by atoms with van der Waals surface area (Å²) in [4.78, 5) is 20.1. The molecule has 3 heterocycles. The van der Waals surface area contributed by atoms with E-state index in [-0.39, 0.29) is 28.4 Å². The second kappa shape index (κ2) is 5.86. The van der Waals surface area contributed by atoms with Crippen molar-refractivity contribution in [2.45, 2.75) is 12.5 Å². The van der Waals surface area contributed by atoms with Crippen LogP contribution in [0.3, 0.4) is 0 Å². The number of aromatic nitrogens is 2. The predicted octanol–water partition coefficient (Wildman–Crippen LogP) is 3.69. The summed E-state index contributed by atoms with van der Waals surface area (Å²) < 4.78 is 23.9. The van der Waals surface area contributed by atoms with Crippen molar-refractivity contribution in [1.29, 1.82) is 0 Å². The molecule has 0 amide bonds. The Morgan fingerprint density at radius 2 is 2.12 bits per heavy atom. The molecule has 1 aliphatic heterocycles. The molecule has 1 atom stereocenters. The molecule has 6 nitrogen and oxygen atoms in total. The number of aromatic hydroxyl groups is 1. The second-order valence-corrected chi connectivity index (χ2v) is 5.86. The number of cyclic esters (lactones) is 1. The molecule has 1 aromatic carbocycles. The van der Waals surface area contributed by atoms with Crippen molar-refractivity contribution in [1.82, 2.24) is 9.97 Å². The van der Waals surface area contributed by atoms with Crippen molar-refractivity contribution < 1.29 is 23.4 Å². The molecule has 1 unspecified atom stereocenters. The van der Waals surface area contributed by atoms with Crippen molar-refractivity contribution in [3.8, 4) is 17.5 Å². The summed E-state index contributed by atoms with van der Waals surface area (Å²) in [5.41, 5.74) is 1.22. The topological polar surface area (TPSA) is 85.5 Å². The van der Waals surface area contributed by atoms with Gasteiger partial charge in [-0.05, 0) is 29.8 Å². The minimum absolute atomic E-state index is 0.0242. The Bertz CT molecular complexity index is 975. The van der Waals surface area contributed by atoms with Crippen LogP contribution in [0, 0.1) is 5.82 Å². The fourth-order valence-corrected chi connectivity index (χ4v) is 2.96. The van der Waals surface area contributed by atoms with Gasteiger partial charge in [-0.15, -0.1) is 0 Å². The summed E-state index contributed by atoms with van der Waals surface area (Å²) in [6.45, 7) is 0. The summed E-state index contributed by atoms with van der Waals surface area (Å²) in [7, 11) is 0. The largest absolute Gasteiger partial charge is 0.479 e. The van der Waals surface area contributed by atoms with Gasteiger partial charge in [0.05, 0.1) is 11.3 Å². The molecule has 3 aromatic rings. The fourth-order valence-electron chi connectivity index (χ4n) is 2.75. The standard InChI is InChI=1S/C17H10ClFN2O4/c18-9-6-8(3-4-10(9)19)7-12-15-13(16(22)25-12)14(20-17(23)21-15)11-2-1-5-24-11/h1-6,12H,7H2,(H,20,21,23). The molecule has 0 aliphatic carbocycles. The number of ether oxygens (including phenoxy) is 1. The number of carbonyl (C=O) groups excluding carboxylic acids is 1. The summed E-state index contributed by atoms with van der Waals surface area (Å²) >= 11 is 5.79. The number of esters is 1. The molecule has 0 fully saturated rings. The smallest absolute Gasteiger partial charge is 0.343 e. The first-order chi connectivity index (χ1) is 12.0. The van der Waals surface area contributed by atoms with Crippen molar-refractivity contribution in [2.75, 3.05) is 0 Å². The molecule has 2 aromatic heterocycles. The third kappa shape index (κ3) is 2.72. The zero-order chi connectivity index (χ0) is 17.6. The van der Waals surface area contributed by atoms with Crippen LogP contribution in [0.25, 0.3) is 11.5 Å². The van der Waals surface area contributed by atoms with E-state index in [2.05, 4.69) is 9.97 Å². The Labute approximate surface area is 145 Å². The highest BCUT2D eigenvalue weighted by atomic mass is 35.5. The summed E-state index contributed by atoms with van der Waals surface area (Å²) in [6.07, 6.45) is 0.915. The third-order valence-corrected chi connectivity index (χ3v) is 4.13. The Kier molecular flexibility index (Phi) is 3.65. The maximum atomic E-state index is 13.3. The molecule has 4 rings (SSSR count). The minimum Gasteiger partial charge on any atom is -0.479 e. The van der Waals surface area contributed by atoms with E-state index in [0.29, 0.717) is 11.3 Å². The van der Waals surface area contributed by atoms with E-state index in [1.54, 1.807) is 18.2 Å². The lowest BCUT2D eigenvalue weighted by molar-refractivity contribution is 0.0382. The lowest BCUT2D eigenvalue weighted by Gasteiger charge is -2.10. The lowest BCUT2D eigenvalue weighted by Crippen LogP contribution is -2.04. The van der Waals surface area contributed by atoms with Crippen LogP contribution in [0.2, 0.25) is 5.02 Å². The van der Waals surface area contributed by atoms with E-state index >= 15 is 0 Å². The van der Waals surface area contributed by atoms with Gasteiger partial charge in [0.1, 0.15) is 28.9 Å². The van der Waals surface area contributed by atoms with E-state index in [9.17, 15) is 14.3 Å². The van der Waals surface area contributed by atoms with Crippen LogP contribution in [0.1, 0.15) is 27.7 Å². The maximum Gasteiger partial charge on any atom is 0.343 e. The Hall–Kier alpha value is -2.93. The fraction of sp³-hybridized carbons (Fsp3) is 0.118. The number of hydrogen-bond donors (Lipinski definition) is 1. The van der Waals surface area contributed by atoms with Gasteiger partial charge in [-0.25, -0.2) is 9.18 Å². The highest BCUT2D eigenvalue weighted by molar-refractivity contribution is 6.30. The van der Waals surface area contributed by atoms with Gasteiger partial charge in [0, 0.05) is 6.42 Å². The third-order valence-electron chi connectivity index (χ3n) is 3.84. The second-order valence-electron chi connectivity index (χ2n) is 5.46. The van der Waals surface area contributed by atoms with Crippen molar-refractivity contribution in [2.24, 2.45) is 0 Å². The van der Waals surface area contributed by atoms with Crippen LogP contribution >= 0.6 is 11.6 Å². The summed E-state index contributed by atoms with van der Waals surface area (Å²) in [5.74, 6) is -0.828. The zero-order valence-corrected chi connectivity index (χ0v) is 13.3. The average Bonchev–Trinajstić information content (AvgIpc) is 3.20. The predicted molar refractivity (Wildman–Crippen MR) is 84.7 cm³/mol. The van der Waals surface area contributed by atoms with E-state index < -0.39 is 23.9 Å². The number of halogens is 2. The van der Waals surface area contributed by atoms with E-state index in [1.165, 1.54) is 18.4 Å². The molecule has 0 bridgehead atoms. The lowest BCUT2D eigenvalue weighted by atomic mass is 10.0. The summed E-state index contributed by atoms with van der Waals surface area (Å²) in [5, 5.41) is 9.80. The minimum atomic E-state index is -0.744. The van der Waals surface area contributed by atoms with E-state index in [4.69, 9.17) is 20.8 Å². The molecule has 0 spiro atoms. The molecule has 1 N–H and O–H groups in total. The monoisotopic (exact) mass is 360 g/mol. The van der Waals surface area contributed by atoms with Crippen LogP contribution < -0.4 is 0 Å². The van der Waals surface area contributed by atoms with Gasteiger partial charge in [0.25, 0.3) is 0 Å². The van der Waals surface area contributed by atoms with E-state index in [1.807, 2.05) is 0 Å². The van der Waals surface area contributed by atoms with Gasteiger partial charge >= 0.3 is 12.0 Å². The van der Waals surface area contributed by atoms with Crippen molar-refractivity contribution >= 4 is 17.6 Å². The number of hydrogen-bond acceptors (Lipinski definition) is 6. The quantitative estimate of drug-likeness (QED) is 0.717. The molecule has 0 saturated carbocycles. The Morgan fingerprint density at radius 3 is 2.84 bits per heavy atom. The molecule has 1 aliphatic rings. The molecule has 8 heteroatoms. The van der Waals surface area contributed by atoms with E-state index in [0.717, 1.165) is 0 Å². The SMILES string of the molecule is O=C1OC(Cc2ccc(F)c(Cl)c2)c2nc(O)nc(-c3ccco3)c21. The maximum absolute atomic E-state index is 13.3. The molecule has 0 radical (unpaired) electrons. The number of carbonyl (C=O) groups is 1. The Morgan fingerprint density at radius 1 is 1.28 bits per heavy atom. The van der Waals surface area contributed by atoms with Gasteiger partial charge in [-0.1, -0.05) is 17.7 Å². The molecule has 25 heavy (non-hydrogen) atoms. The van der Waals surface area contributed by atoms with Crippen LogP contribution in [-0.4, -0.2) is 21.0 Å². The number of furan rings is 1. The number of benzene rings is 1. The first-order valence-corrected chi connectivity index (χ1v) is 7.70. The highest BCUT2D eigenvalue weighted by Crippen LogP contribution is 2.38.